The molecule has 0 fully saturated rings. The van der Waals surface area contributed by atoms with Gasteiger partial charge < -0.3 is 5.32 Å². The summed E-state index contributed by atoms with van der Waals surface area (Å²) in [4.78, 5) is 0. The zero-order valence-electron chi connectivity index (χ0n) is 12.7. The van der Waals surface area contributed by atoms with Gasteiger partial charge in [0.05, 0.1) is 11.9 Å². The minimum atomic E-state index is 0.546. The summed E-state index contributed by atoms with van der Waals surface area (Å²) in [6.45, 7) is 7.70. The molecule has 0 saturated heterocycles. The normalized spacial score (nSPS) is 14.2. The topological polar surface area (TPSA) is 29.9 Å². The third-order valence-electron chi connectivity index (χ3n) is 3.76. The molecule has 0 amide bonds. The van der Waals surface area contributed by atoms with Gasteiger partial charge in [-0.25, -0.2) is 4.68 Å². The van der Waals surface area contributed by atoms with E-state index >= 15 is 0 Å². The van der Waals surface area contributed by atoms with Crippen molar-refractivity contribution in [1.29, 1.82) is 0 Å². The lowest BCUT2D eigenvalue weighted by Gasteiger charge is -2.16. The molecule has 0 aliphatic heterocycles. The summed E-state index contributed by atoms with van der Waals surface area (Å²) < 4.78 is 1.93. The fraction of sp³-hybridized carbons (Fsp3) is 0.471. The molecule has 0 spiro atoms. The highest BCUT2D eigenvalue weighted by Crippen LogP contribution is 2.11. The number of benzene rings is 1. The van der Waals surface area contributed by atoms with E-state index in [1.54, 1.807) is 0 Å². The molecule has 3 heteroatoms. The van der Waals surface area contributed by atoms with Crippen LogP contribution in [0, 0.1) is 5.92 Å². The van der Waals surface area contributed by atoms with Crippen molar-refractivity contribution in [2.24, 2.45) is 5.92 Å². The fourth-order valence-electron chi connectivity index (χ4n) is 2.32. The number of para-hydroxylation sites is 1. The van der Waals surface area contributed by atoms with Crippen LogP contribution in [0.1, 0.15) is 39.2 Å². The first kappa shape index (κ1) is 14.8. The Balaban J connectivity index is 1.87. The summed E-state index contributed by atoms with van der Waals surface area (Å²) in [6.07, 6.45) is 6.51. The van der Waals surface area contributed by atoms with Crippen LogP contribution in [0.25, 0.3) is 5.69 Å². The molecular formula is C17H25N3. The second-order valence-electron chi connectivity index (χ2n) is 5.66. The van der Waals surface area contributed by atoms with Gasteiger partial charge in [0.2, 0.25) is 0 Å². The van der Waals surface area contributed by atoms with E-state index in [-0.39, 0.29) is 0 Å². The third-order valence-corrected chi connectivity index (χ3v) is 3.76. The van der Waals surface area contributed by atoms with Crippen LogP contribution in [0.15, 0.2) is 42.7 Å². The summed E-state index contributed by atoms with van der Waals surface area (Å²) in [6, 6.07) is 10.8. The molecule has 2 unspecified atom stereocenters. The maximum Gasteiger partial charge on any atom is 0.0645 e. The van der Waals surface area contributed by atoms with Gasteiger partial charge in [-0.3, -0.25) is 0 Å². The number of hydrogen-bond donors (Lipinski definition) is 1. The van der Waals surface area contributed by atoms with Gasteiger partial charge >= 0.3 is 0 Å². The van der Waals surface area contributed by atoms with E-state index in [4.69, 9.17) is 0 Å². The van der Waals surface area contributed by atoms with Crippen molar-refractivity contribution < 1.29 is 0 Å². The zero-order valence-corrected chi connectivity index (χ0v) is 12.7. The summed E-state index contributed by atoms with van der Waals surface area (Å²) >= 11 is 0. The van der Waals surface area contributed by atoms with E-state index in [1.807, 2.05) is 29.1 Å². The molecular weight excluding hydrogens is 246 g/mol. The molecule has 0 radical (unpaired) electrons. The van der Waals surface area contributed by atoms with Crippen LogP contribution >= 0.6 is 0 Å². The molecule has 3 nitrogen and oxygen atoms in total. The first-order valence-corrected chi connectivity index (χ1v) is 7.51. The molecule has 1 heterocycles. The van der Waals surface area contributed by atoms with Gasteiger partial charge in [-0.15, -0.1) is 0 Å². The average Bonchev–Trinajstić information content (AvgIpc) is 2.95. The Morgan fingerprint density at radius 3 is 2.65 bits per heavy atom. The Bertz CT molecular complexity index is 504. The van der Waals surface area contributed by atoms with Gasteiger partial charge in [0.15, 0.2) is 0 Å². The highest BCUT2D eigenvalue weighted by molar-refractivity contribution is 5.30. The van der Waals surface area contributed by atoms with Crippen LogP contribution in [-0.4, -0.2) is 15.8 Å². The molecule has 1 aromatic carbocycles. The smallest absolute Gasteiger partial charge is 0.0645 e. The third kappa shape index (κ3) is 4.20. The predicted octanol–water partition coefficient (Wildman–Crippen LogP) is 3.79. The van der Waals surface area contributed by atoms with Crippen molar-refractivity contribution >= 4 is 0 Å². The molecule has 0 bridgehead atoms. The fourth-order valence-corrected chi connectivity index (χ4v) is 2.32. The summed E-state index contributed by atoms with van der Waals surface area (Å²) in [5.74, 6) is 0.782. The molecule has 2 atom stereocenters. The molecule has 0 saturated carbocycles. The average molecular weight is 271 g/mol. The molecule has 2 rings (SSSR count). The summed E-state index contributed by atoms with van der Waals surface area (Å²) in [5, 5.41) is 7.99. The highest BCUT2D eigenvalue weighted by Gasteiger charge is 2.07. The summed E-state index contributed by atoms with van der Waals surface area (Å²) in [5.41, 5.74) is 2.33. The van der Waals surface area contributed by atoms with Crippen LogP contribution in [0.3, 0.4) is 0 Å². The number of aromatic nitrogens is 2. The van der Waals surface area contributed by atoms with Crippen molar-refractivity contribution in [2.75, 3.05) is 0 Å². The molecule has 0 aliphatic carbocycles. The maximum absolute atomic E-state index is 4.42. The zero-order chi connectivity index (χ0) is 14.4. The molecule has 2 aromatic rings. The Labute approximate surface area is 122 Å². The quantitative estimate of drug-likeness (QED) is 0.830. The van der Waals surface area contributed by atoms with Crippen molar-refractivity contribution in [3.63, 3.8) is 0 Å². The lowest BCUT2D eigenvalue weighted by Crippen LogP contribution is -2.27. The van der Waals surface area contributed by atoms with Gasteiger partial charge in [-0.1, -0.05) is 38.5 Å². The van der Waals surface area contributed by atoms with E-state index in [0.29, 0.717) is 6.04 Å². The van der Waals surface area contributed by atoms with Crippen molar-refractivity contribution in [1.82, 2.24) is 15.1 Å². The van der Waals surface area contributed by atoms with Gasteiger partial charge in [0, 0.05) is 24.3 Å². The van der Waals surface area contributed by atoms with Crippen LogP contribution < -0.4 is 5.32 Å². The van der Waals surface area contributed by atoms with Crippen molar-refractivity contribution in [3.8, 4) is 5.69 Å². The largest absolute Gasteiger partial charge is 0.310 e. The van der Waals surface area contributed by atoms with E-state index < -0.39 is 0 Å². The van der Waals surface area contributed by atoms with E-state index in [1.165, 1.54) is 18.4 Å². The standard InChI is InChI=1S/C17H25N3/c1-4-14(2)10-15(3)18-11-16-12-19-20(13-16)17-8-6-5-7-9-17/h5-9,12-15,18H,4,10-11H2,1-3H3. The van der Waals surface area contributed by atoms with Crippen LogP contribution in [0.4, 0.5) is 0 Å². The predicted molar refractivity (Wildman–Crippen MR) is 83.9 cm³/mol. The SMILES string of the molecule is CCC(C)CC(C)NCc1cnn(-c2ccccc2)c1. The molecule has 0 aliphatic rings. The van der Waals surface area contributed by atoms with Crippen LogP contribution in [0.2, 0.25) is 0 Å². The van der Waals surface area contributed by atoms with E-state index in [9.17, 15) is 0 Å². The van der Waals surface area contributed by atoms with Crippen LogP contribution in [-0.2, 0) is 6.54 Å². The minimum absolute atomic E-state index is 0.546. The molecule has 1 aromatic heterocycles. The second kappa shape index (κ2) is 7.25. The van der Waals surface area contributed by atoms with Gasteiger partial charge in [0.25, 0.3) is 0 Å². The Morgan fingerprint density at radius 2 is 1.95 bits per heavy atom. The lowest BCUT2D eigenvalue weighted by atomic mass is 10.0. The van der Waals surface area contributed by atoms with Crippen molar-refractivity contribution in [3.05, 3.63) is 48.3 Å². The molecule has 20 heavy (non-hydrogen) atoms. The van der Waals surface area contributed by atoms with Crippen LogP contribution in [0.5, 0.6) is 0 Å². The van der Waals surface area contributed by atoms with Gasteiger partial charge in [0.1, 0.15) is 0 Å². The monoisotopic (exact) mass is 271 g/mol. The van der Waals surface area contributed by atoms with Crippen molar-refractivity contribution in [2.45, 2.75) is 46.2 Å². The molecule has 1 N–H and O–H groups in total. The van der Waals surface area contributed by atoms with Gasteiger partial charge in [-0.05, 0) is 31.4 Å². The Hall–Kier alpha value is -1.61. The second-order valence-corrected chi connectivity index (χ2v) is 5.66. The maximum atomic E-state index is 4.42. The van der Waals surface area contributed by atoms with E-state index in [2.05, 4.69) is 49.5 Å². The van der Waals surface area contributed by atoms with Gasteiger partial charge in [-0.2, -0.15) is 5.10 Å². The highest BCUT2D eigenvalue weighted by atomic mass is 15.3. The minimum Gasteiger partial charge on any atom is -0.310 e. The lowest BCUT2D eigenvalue weighted by molar-refractivity contribution is 0.412. The molecule has 108 valence electrons. The summed E-state index contributed by atoms with van der Waals surface area (Å²) in [7, 11) is 0. The number of nitrogens with one attached hydrogen (secondary N) is 1. The number of rotatable bonds is 7. The number of nitrogens with zero attached hydrogens (tertiary/aromatic N) is 2. The Morgan fingerprint density at radius 1 is 1.20 bits per heavy atom. The van der Waals surface area contributed by atoms with E-state index in [0.717, 1.165) is 18.2 Å². The number of hydrogen-bond acceptors (Lipinski definition) is 2. The first-order chi connectivity index (χ1) is 9.69. The first-order valence-electron chi connectivity index (χ1n) is 7.51. The Kier molecular flexibility index (Phi) is 5.36.